The number of nitrogens with one attached hydrogen (secondary N) is 2. The molecule has 0 aliphatic carbocycles. The summed E-state index contributed by atoms with van der Waals surface area (Å²) < 4.78 is 57.0. The van der Waals surface area contributed by atoms with Crippen LogP contribution in [0.3, 0.4) is 0 Å². The van der Waals surface area contributed by atoms with E-state index in [4.69, 9.17) is 0 Å². The number of carbonyl (C=O) groups excluding carboxylic acids is 1. The zero-order valence-corrected chi connectivity index (χ0v) is 19.4. The molecule has 7 nitrogen and oxygen atoms in total. The number of aromatic nitrogens is 3. The van der Waals surface area contributed by atoms with Gasteiger partial charge in [0.1, 0.15) is 17.2 Å². The fourth-order valence-corrected chi connectivity index (χ4v) is 5.05. The second kappa shape index (κ2) is 9.31. The van der Waals surface area contributed by atoms with E-state index in [0.717, 1.165) is 17.7 Å². The van der Waals surface area contributed by atoms with Gasteiger partial charge >= 0.3 is 0 Å². The van der Waals surface area contributed by atoms with Crippen molar-refractivity contribution in [3.05, 3.63) is 114 Å². The Morgan fingerprint density at radius 1 is 0.944 bits per heavy atom. The van der Waals surface area contributed by atoms with Gasteiger partial charge in [0.05, 0.1) is 11.3 Å². The Morgan fingerprint density at radius 2 is 1.69 bits per heavy atom. The molecule has 0 unspecified atom stereocenters. The molecule has 0 radical (unpaired) electrons. The van der Waals surface area contributed by atoms with Gasteiger partial charge in [0.15, 0.2) is 11.6 Å². The molecule has 0 saturated heterocycles. The van der Waals surface area contributed by atoms with Gasteiger partial charge in [-0.2, -0.15) is 0 Å². The molecule has 36 heavy (non-hydrogen) atoms. The van der Waals surface area contributed by atoms with Crippen molar-refractivity contribution in [2.24, 2.45) is 0 Å². The lowest BCUT2D eigenvalue weighted by molar-refractivity contribution is 0.103. The van der Waals surface area contributed by atoms with E-state index in [1.807, 2.05) is 4.72 Å². The third-order valence-corrected chi connectivity index (χ3v) is 6.81. The quantitative estimate of drug-likeness (QED) is 0.301. The SMILES string of the molecule is O=C(c1ccc(F)c(NS(=O)(=O)Cc2ccccc2)c1F)c1c[nH]c2ncc(-c3ccncc3)cc12. The van der Waals surface area contributed by atoms with Gasteiger partial charge in [0.25, 0.3) is 0 Å². The normalized spacial score (nSPS) is 11.5. The zero-order valence-electron chi connectivity index (χ0n) is 18.6. The van der Waals surface area contributed by atoms with E-state index >= 15 is 4.39 Å². The van der Waals surface area contributed by atoms with Crippen LogP contribution in [0.2, 0.25) is 0 Å². The second-order valence-electron chi connectivity index (χ2n) is 8.02. The molecule has 2 N–H and O–H groups in total. The van der Waals surface area contributed by atoms with Crippen LogP contribution in [0.15, 0.2) is 85.5 Å². The maximum atomic E-state index is 15.4. The number of pyridine rings is 2. The molecule has 0 fully saturated rings. The van der Waals surface area contributed by atoms with Gasteiger partial charge < -0.3 is 4.98 Å². The number of benzene rings is 2. The molecule has 5 aromatic rings. The van der Waals surface area contributed by atoms with Gasteiger partial charge in [0.2, 0.25) is 10.0 Å². The summed E-state index contributed by atoms with van der Waals surface area (Å²) >= 11 is 0. The van der Waals surface area contributed by atoms with Crippen LogP contribution in [0.1, 0.15) is 21.5 Å². The lowest BCUT2D eigenvalue weighted by atomic mass is 10.0. The monoisotopic (exact) mass is 504 g/mol. The highest BCUT2D eigenvalue weighted by Gasteiger charge is 2.25. The molecule has 0 saturated carbocycles. The van der Waals surface area contributed by atoms with Crippen molar-refractivity contribution in [1.82, 2.24) is 15.0 Å². The number of hydrogen-bond donors (Lipinski definition) is 2. The molecule has 0 aliphatic heterocycles. The van der Waals surface area contributed by atoms with Crippen LogP contribution in [0, 0.1) is 11.6 Å². The van der Waals surface area contributed by atoms with E-state index in [-0.39, 0.29) is 5.56 Å². The lowest BCUT2D eigenvalue weighted by Gasteiger charge is -2.12. The van der Waals surface area contributed by atoms with Crippen molar-refractivity contribution in [3.8, 4) is 11.1 Å². The first-order valence-electron chi connectivity index (χ1n) is 10.8. The van der Waals surface area contributed by atoms with Crippen LogP contribution in [-0.4, -0.2) is 29.2 Å². The highest BCUT2D eigenvalue weighted by Crippen LogP contribution is 2.29. The Bertz CT molecular complexity index is 1690. The summed E-state index contributed by atoms with van der Waals surface area (Å²) in [6.07, 6.45) is 6.26. The highest BCUT2D eigenvalue weighted by atomic mass is 32.2. The minimum Gasteiger partial charge on any atom is -0.345 e. The minimum absolute atomic E-state index is 0.108. The van der Waals surface area contributed by atoms with Gasteiger partial charge in [-0.1, -0.05) is 30.3 Å². The number of fused-ring (bicyclic) bond motifs is 1. The Labute approximate surface area is 204 Å². The molecule has 3 aromatic heterocycles. The number of anilines is 1. The first-order valence-corrected chi connectivity index (χ1v) is 12.4. The molecule has 0 atom stereocenters. The van der Waals surface area contributed by atoms with E-state index in [0.29, 0.717) is 22.2 Å². The second-order valence-corrected chi connectivity index (χ2v) is 9.74. The summed E-state index contributed by atoms with van der Waals surface area (Å²) in [6.45, 7) is 0. The topological polar surface area (TPSA) is 105 Å². The van der Waals surface area contributed by atoms with Gasteiger partial charge in [-0.3, -0.25) is 14.5 Å². The fraction of sp³-hybridized carbons (Fsp3) is 0.0385. The first kappa shape index (κ1) is 23.3. The number of aromatic amines is 1. The summed E-state index contributed by atoms with van der Waals surface area (Å²) in [5, 5.41) is 0.434. The average molecular weight is 505 g/mol. The van der Waals surface area contributed by atoms with Crippen LogP contribution in [-0.2, 0) is 15.8 Å². The molecule has 5 rings (SSSR count). The maximum Gasteiger partial charge on any atom is 0.237 e. The Hall–Kier alpha value is -4.44. The van der Waals surface area contributed by atoms with Crippen LogP contribution in [0.25, 0.3) is 22.2 Å². The standard InChI is InChI=1S/C26H18F2N4O3S/c27-22-7-6-19(23(28)24(22)32-36(34,35)15-16-4-2-1-3-5-16)25(33)21-14-31-26-20(21)12-18(13-30-26)17-8-10-29-11-9-17/h1-14,32H,15H2,(H,30,31). The van der Waals surface area contributed by atoms with Gasteiger partial charge in [-0.05, 0) is 41.5 Å². The maximum absolute atomic E-state index is 15.4. The van der Waals surface area contributed by atoms with E-state index in [1.165, 1.54) is 6.20 Å². The van der Waals surface area contributed by atoms with Crippen LogP contribution >= 0.6 is 0 Å². The van der Waals surface area contributed by atoms with E-state index in [1.54, 1.807) is 67.1 Å². The van der Waals surface area contributed by atoms with E-state index < -0.39 is 44.4 Å². The number of ketones is 1. The Morgan fingerprint density at radius 3 is 2.44 bits per heavy atom. The molecule has 10 heteroatoms. The van der Waals surface area contributed by atoms with Crippen molar-refractivity contribution >= 4 is 32.5 Å². The van der Waals surface area contributed by atoms with Gasteiger partial charge in [-0.15, -0.1) is 0 Å². The van der Waals surface area contributed by atoms with Crippen LogP contribution in [0.4, 0.5) is 14.5 Å². The zero-order chi connectivity index (χ0) is 25.3. The Kier molecular flexibility index (Phi) is 6.03. The van der Waals surface area contributed by atoms with Crippen molar-refractivity contribution in [2.45, 2.75) is 5.75 Å². The smallest absolute Gasteiger partial charge is 0.237 e. The minimum atomic E-state index is -4.16. The van der Waals surface area contributed by atoms with Crippen molar-refractivity contribution in [3.63, 3.8) is 0 Å². The molecule has 180 valence electrons. The molecule has 3 heterocycles. The summed E-state index contributed by atoms with van der Waals surface area (Å²) in [5.41, 5.74) is 1.10. The molecule has 0 spiro atoms. The first-order chi connectivity index (χ1) is 17.3. The summed E-state index contributed by atoms with van der Waals surface area (Å²) in [7, 11) is -4.16. The number of H-pyrrole nitrogens is 1. The van der Waals surface area contributed by atoms with Gasteiger partial charge in [0, 0.05) is 41.3 Å². The molecular weight excluding hydrogens is 486 g/mol. The molecule has 0 aliphatic rings. The van der Waals surface area contributed by atoms with Crippen LogP contribution in [0.5, 0.6) is 0 Å². The summed E-state index contributed by atoms with van der Waals surface area (Å²) in [4.78, 5) is 24.5. The number of rotatable bonds is 7. The van der Waals surface area contributed by atoms with Crippen LogP contribution < -0.4 is 4.72 Å². The third-order valence-electron chi connectivity index (χ3n) is 5.58. The number of nitrogens with zero attached hydrogens (tertiary/aromatic N) is 2. The van der Waals surface area contributed by atoms with E-state index in [2.05, 4.69) is 15.0 Å². The predicted molar refractivity (Wildman–Crippen MR) is 132 cm³/mol. The highest BCUT2D eigenvalue weighted by molar-refractivity contribution is 7.91. The molecular formula is C26H18F2N4O3S. The molecule has 2 aromatic carbocycles. The summed E-state index contributed by atoms with van der Waals surface area (Å²) in [6, 6.07) is 15.3. The van der Waals surface area contributed by atoms with Crippen molar-refractivity contribution in [1.29, 1.82) is 0 Å². The Balaban J connectivity index is 1.50. The van der Waals surface area contributed by atoms with Crippen molar-refractivity contribution in [2.75, 3.05) is 4.72 Å². The lowest BCUT2D eigenvalue weighted by Crippen LogP contribution is -2.18. The van der Waals surface area contributed by atoms with Crippen molar-refractivity contribution < 1.29 is 22.0 Å². The van der Waals surface area contributed by atoms with Gasteiger partial charge in [-0.25, -0.2) is 22.2 Å². The molecule has 0 bridgehead atoms. The summed E-state index contributed by atoms with van der Waals surface area (Å²) in [5.74, 6) is -3.68. The largest absolute Gasteiger partial charge is 0.345 e. The number of hydrogen-bond acceptors (Lipinski definition) is 5. The average Bonchev–Trinajstić information content (AvgIpc) is 3.30. The predicted octanol–water partition coefficient (Wildman–Crippen LogP) is 5.08. The third kappa shape index (κ3) is 4.58. The number of halogens is 2. The number of carbonyl (C=O) groups is 1. The van der Waals surface area contributed by atoms with E-state index in [9.17, 15) is 17.6 Å². The fourth-order valence-electron chi connectivity index (χ4n) is 3.85. The molecule has 0 amide bonds. The number of sulfonamides is 1.